The number of guanidine groups is 3. The molecule has 0 saturated carbocycles. The molecule has 0 saturated heterocycles. The number of hydrogen-bond donors (Lipinski definition) is 17. The van der Waals surface area contributed by atoms with Gasteiger partial charge in [0.05, 0.1) is 12.5 Å². The molecule has 7 atom stereocenters. The van der Waals surface area contributed by atoms with Crippen molar-refractivity contribution in [1.29, 1.82) is 0 Å². The molecular weight excluding hydrogens is 923 g/mol. The average molecular weight is 990 g/mol. The van der Waals surface area contributed by atoms with Crippen molar-refractivity contribution >= 4 is 88.9 Å². The van der Waals surface area contributed by atoms with Gasteiger partial charge in [-0.25, -0.2) is 4.79 Å². The molecule has 0 aromatic rings. The Balaban J connectivity index is 6.73. The molecule has 384 valence electrons. The summed E-state index contributed by atoms with van der Waals surface area (Å²) < 4.78 is 0. The third kappa shape index (κ3) is 28.0. The number of carboxylic acids is 3. The van der Waals surface area contributed by atoms with Crippen molar-refractivity contribution < 1.29 is 63.3 Å². The summed E-state index contributed by atoms with van der Waals surface area (Å²) in [7, 11) is 0. The van der Waals surface area contributed by atoms with E-state index in [4.69, 9.17) is 45.9 Å². The fraction of sp³-hybridized carbons (Fsp3) is 0.649. The molecule has 0 aromatic carbocycles. The van der Waals surface area contributed by atoms with E-state index in [0.29, 0.717) is 5.75 Å². The SMILES string of the molecule is CSCC[C@H](N)C(=O)N[C@@H](CCCN=C(N)N)C(=O)N[C@@H](CCCN=C(N)N)C(=O)N[C@@H](CC(=O)O)C(=O)N[C@@H](CCC(=O)O)C(=O)N[C@@H](CCC(N)=O)C(=O)N[C@@H](CCCN=C(N)N)C(=O)O. The van der Waals surface area contributed by atoms with E-state index in [-0.39, 0.29) is 82.5 Å². The minimum Gasteiger partial charge on any atom is -0.481 e. The van der Waals surface area contributed by atoms with Gasteiger partial charge in [0.1, 0.15) is 36.3 Å². The summed E-state index contributed by atoms with van der Waals surface area (Å²) in [6.45, 7) is -0.00115. The van der Waals surface area contributed by atoms with E-state index in [0.717, 1.165) is 0 Å². The molecule has 68 heavy (non-hydrogen) atoms. The van der Waals surface area contributed by atoms with Crippen LogP contribution in [0.1, 0.15) is 77.0 Å². The number of carboxylic acid groups (broad SMARTS) is 3. The van der Waals surface area contributed by atoms with Gasteiger partial charge in [0.25, 0.3) is 0 Å². The summed E-state index contributed by atoms with van der Waals surface area (Å²) in [6, 6.07) is -11.0. The Kier molecular flexibility index (Phi) is 29.8. The number of nitrogens with zero attached hydrogens (tertiary/aromatic N) is 3. The summed E-state index contributed by atoms with van der Waals surface area (Å²) in [6.07, 6.45) is -1.70. The summed E-state index contributed by atoms with van der Waals surface area (Å²) in [5.41, 5.74) is 43.4. The van der Waals surface area contributed by atoms with Gasteiger partial charge >= 0.3 is 17.9 Å². The number of nitrogens with one attached hydrogen (secondary N) is 6. The number of rotatable bonds is 36. The first kappa shape index (κ1) is 60.8. The van der Waals surface area contributed by atoms with E-state index in [1.807, 2.05) is 0 Å². The summed E-state index contributed by atoms with van der Waals surface area (Å²) in [5, 5.41) is 42.7. The molecule has 0 rings (SSSR count). The standard InChI is InChI=1S/C37H67N17O13S/c1-68-16-12-18(38)28(60)49-19(5-2-13-46-35(40)41)29(61)50-20(6-3-14-47-36(42)43)30(62)54-24(17-27(58)59)33(65)52-22(9-11-26(56)57)31(63)51-21(8-10-25(39)55)32(64)53-23(34(66)67)7-4-15-48-37(44)45/h18-24H,2-17,38H2,1H3,(H2,39,55)(H,49,60)(H,50,61)(H,51,63)(H,52,65)(H,53,64)(H,54,62)(H,56,57)(H,58,59)(H,66,67)(H4,40,41,46)(H4,42,43,47)(H4,44,45,48)/t18-,19-,20-,21-,22-,23-,24-/m0/s1. The summed E-state index contributed by atoms with van der Waals surface area (Å²) in [5.74, 6) is -12.2. The van der Waals surface area contributed by atoms with Gasteiger partial charge in [-0.05, 0) is 69.8 Å². The zero-order chi connectivity index (χ0) is 51.9. The topological polar surface area (TPSA) is 549 Å². The summed E-state index contributed by atoms with van der Waals surface area (Å²) >= 11 is 1.44. The van der Waals surface area contributed by atoms with E-state index in [2.05, 4.69) is 46.9 Å². The Hall–Kier alpha value is -7.18. The Labute approximate surface area is 395 Å². The van der Waals surface area contributed by atoms with Crippen LogP contribution in [0.2, 0.25) is 0 Å². The second kappa shape index (κ2) is 33.3. The third-order valence-electron chi connectivity index (χ3n) is 9.29. The normalized spacial score (nSPS) is 13.7. The molecule has 0 bridgehead atoms. The zero-order valence-corrected chi connectivity index (χ0v) is 38.5. The molecule has 0 aliphatic rings. The van der Waals surface area contributed by atoms with Crippen molar-refractivity contribution in [2.24, 2.45) is 60.8 Å². The van der Waals surface area contributed by atoms with Crippen LogP contribution in [0.4, 0.5) is 0 Å². The predicted molar refractivity (Wildman–Crippen MR) is 247 cm³/mol. The van der Waals surface area contributed by atoms with Crippen LogP contribution in [-0.4, -0.2) is 166 Å². The van der Waals surface area contributed by atoms with Gasteiger partial charge in [-0.2, -0.15) is 11.8 Å². The predicted octanol–water partition coefficient (Wildman–Crippen LogP) is -7.17. The maximum atomic E-state index is 13.9. The van der Waals surface area contributed by atoms with Crippen molar-refractivity contribution in [1.82, 2.24) is 31.9 Å². The molecule has 0 unspecified atom stereocenters. The van der Waals surface area contributed by atoms with Crippen LogP contribution < -0.4 is 77.8 Å². The number of aliphatic carboxylic acids is 3. The molecule has 0 radical (unpaired) electrons. The van der Waals surface area contributed by atoms with E-state index in [9.17, 15) is 63.3 Å². The second-order valence-electron chi connectivity index (χ2n) is 15.0. The molecule has 0 heterocycles. The van der Waals surface area contributed by atoms with Gasteiger partial charge in [-0.3, -0.25) is 58.1 Å². The molecule has 0 fully saturated rings. The highest BCUT2D eigenvalue weighted by Gasteiger charge is 2.35. The monoisotopic (exact) mass is 989 g/mol. The Morgan fingerprint density at radius 3 is 1.15 bits per heavy atom. The highest BCUT2D eigenvalue weighted by atomic mass is 32.2. The van der Waals surface area contributed by atoms with Gasteiger partial charge < -0.3 is 93.1 Å². The maximum Gasteiger partial charge on any atom is 0.326 e. The molecule has 0 aromatic heterocycles. The first-order chi connectivity index (χ1) is 31.9. The van der Waals surface area contributed by atoms with Crippen LogP contribution in [0.25, 0.3) is 0 Å². The molecule has 0 aliphatic carbocycles. The highest BCUT2D eigenvalue weighted by Crippen LogP contribution is 2.09. The van der Waals surface area contributed by atoms with Gasteiger partial charge in [0.2, 0.25) is 41.4 Å². The van der Waals surface area contributed by atoms with Crippen LogP contribution >= 0.6 is 11.8 Å². The number of nitrogens with two attached hydrogens (primary N) is 8. The highest BCUT2D eigenvalue weighted by molar-refractivity contribution is 7.98. The maximum absolute atomic E-state index is 13.9. The van der Waals surface area contributed by atoms with Crippen molar-refractivity contribution in [2.75, 3.05) is 31.6 Å². The smallest absolute Gasteiger partial charge is 0.326 e. The van der Waals surface area contributed by atoms with Crippen molar-refractivity contribution in [3.05, 3.63) is 0 Å². The van der Waals surface area contributed by atoms with E-state index < -0.39 is 134 Å². The fourth-order valence-electron chi connectivity index (χ4n) is 5.80. The summed E-state index contributed by atoms with van der Waals surface area (Å²) in [4.78, 5) is 140. The van der Waals surface area contributed by atoms with Crippen molar-refractivity contribution in [3.8, 4) is 0 Å². The van der Waals surface area contributed by atoms with Crippen LogP contribution in [0.5, 0.6) is 0 Å². The zero-order valence-electron chi connectivity index (χ0n) is 37.6. The molecule has 25 N–H and O–H groups in total. The molecule has 7 amide bonds. The number of thioether (sulfide) groups is 1. The lowest BCUT2D eigenvalue weighted by Crippen LogP contribution is -2.60. The van der Waals surface area contributed by atoms with Gasteiger partial charge in [0, 0.05) is 32.5 Å². The fourth-order valence-corrected chi connectivity index (χ4v) is 6.29. The van der Waals surface area contributed by atoms with Crippen molar-refractivity contribution in [2.45, 2.75) is 119 Å². The minimum atomic E-state index is -2.01. The third-order valence-corrected chi connectivity index (χ3v) is 9.93. The van der Waals surface area contributed by atoms with E-state index in [1.165, 1.54) is 11.8 Å². The van der Waals surface area contributed by atoms with Gasteiger partial charge in [-0.15, -0.1) is 0 Å². The van der Waals surface area contributed by atoms with Gasteiger partial charge in [0.15, 0.2) is 17.9 Å². The number of carbonyl (C=O) groups excluding carboxylic acids is 7. The van der Waals surface area contributed by atoms with Crippen LogP contribution in [0.15, 0.2) is 15.0 Å². The quantitative estimate of drug-likeness (QED) is 0.0158. The number of primary amides is 1. The second-order valence-corrected chi connectivity index (χ2v) is 16.0. The number of hydrogen-bond acceptors (Lipinski definition) is 15. The first-order valence-electron chi connectivity index (χ1n) is 21.1. The number of amides is 7. The molecule has 31 heteroatoms. The Bertz CT molecular complexity index is 1830. The lowest BCUT2D eigenvalue weighted by atomic mass is 10.0. The lowest BCUT2D eigenvalue weighted by Gasteiger charge is -2.27. The minimum absolute atomic E-state index is 0.00399. The van der Waals surface area contributed by atoms with Crippen LogP contribution in [-0.2, 0) is 47.9 Å². The van der Waals surface area contributed by atoms with Crippen LogP contribution in [0.3, 0.4) is 0 Å². The molecule has 0 aliphatic heterocycles. The Morgan fingerprint density at radius 2 is 0.794 bits per heavy atom. The largest absolute Gasteiger partial charge is 0.481 e. The van der Waals surface area contributed by atoms with Crippen molar-refractivity contribution in [3.63, 3.8) is 0 Å². The van der Waals surface area contributed by atoms with E-state index >= 15 is 0 Å². The van der Waals surface area contributed by atoms with Gasteiger partial charge in [-0.1, -0.05) is 0 Å². The molecule has 0 spiro atoms. The van der Waals surface area contributed by atoms with Crippen LogP contribution in [0, 0.1) is 0 Å². The Morgan fingerprint density at radius 1 is 0.456 bits per heavy atom. The average Bonchev–Trinajstić information content (AvgIpc) is 3.24. The lowest BCUT2D eigenvalue weighted by molar-refractivity contribution is -0.142. The molecule has 30 nitrogen and oxygen atoms in total. The number of carbonyl (C=O) groups is 10. The number of aliphatic imine (C=N–C) groups is 3. The first-order valence-corrected chi connectivity index (χ1v) is 22.4. The molecular formula is C37H67N17O13S. The van der Waals surface area contributed by atoms with E-state index in [1.54, 1.807) is 6.26 Å².